The quantitative estimate of drug-likeness (QED) is 0.758. The monoisotopic (exact) mass is 214 g/mol. The van der Waals surface area contributed by atoms with Gasteiger partial charge in [-0.15, -0.1) is 0 Å². The van der Waals surface area contributed by atoms with Crippen molar-refractivity contribution >= 4 is 0 Å². The van der Waals surface area contributed by atoms with Crippen LogP contribution in [-0.2, 0) is 0 Å². The van der Waals surface area contributed by atoms with E-state index < -0.39 is 5.60 Å². The van der Waals surface area contributed by atoms with Gasteiger partial charge in [0.2, 0.25) is 0 Å². The van der Waals surface area contributed by atoms with Crippen LogP contribution in [0.4, 0.5) is 0 Å². The molecule has 0 heterocycles. The van der Waals surface area contributed by atoms with Crippen molar-refractivity contribution in [1.29, 1.82) is 0 Å². The summed E-state index contributed by atoms with van der Waals surface area (Å²) in [7, 11) is 0. The van der Waals surface area contributed by atoms with E-state index in [2.05, 4.69) is 27.7 Å². The Morgan fingerprint density at radius 1 is 1.27 bits per heavy atom. The Hall–Kier alpha value is -0.0800. The van der Waals surface area contributed by atoms with Gasteiger partial charge in [0.05, 0.1) is 12.2 Å². The first-order valence-corrected chi connectivity index (χ1v) is 6.00. The van der Waals surface area contributed by atoms with Crippen molar-refractivity contribution < 1.29 is 10.2 Å². The summed E-state index contributed by atoms with van der Waals surface area (Å²) >= 11 is 0. The molecule has 1 fully saturated rings. The van der Waals surface area contributed by atoms with E-state index in [0.717, 1.165) is 19.3 Å². The molecule has 2 heteroatoms. The minimum Gasteiger partial charge on any atom is -0.396 e. The molecule has 1 rings (SSSR count). The van der Waals surface area contributed by atoms with Gasteiger partial charge in [0.25, 0.3) is 0 Å². The van der Waals surface area contributed by atoms with Gasteiger partial charge in [-0.1, -0.05) is 34.6 Å². The van der Waals surface area contributed by atoms with Gasteiger partial charge in [-0.2, -0.15) is 0 Å². The SMILES string of the molecule is CC(C)C(C)(CO)C1(O)CCC(C)(C)C1. The van der Waals surface area contributed by atoms with Gasteiger partial charge in [0.15, 0.2) is 0 Å². The highest BCUT2D eigenvalue weighted by Gasteiger charge is 2.54. The molecule has 2 atom stereocenters. The van der Waals surface area contributed by atoms with Crippen LogP contribution in [0, 0.1) is 16.7 Å². The van der Waals surface area contributed by atoms with Gasteiger partial charge < -0.3 is 10.2 Å². The maximum Gasteiger partial charge on any atom is 0.0730 e. The molecule has 0 spiro atoms. The standard InChI is InChI=1S/C13H26O2/c1-10(2)12(5,9-14)13(15)7-6-11(3,4)8-13/h10,14-15H,6-9H2,1-5H3. The first-order chi connectivity index (χ1) is 6.67. The van der Waals surface area contributed by atoms with Crippen molar-refractivity contribution in [2.24, 2.45) is 16.7 Å². The van der Waals surface area contributed by atoms with E-state index in [4.69, 9.17) is 0 Å². The zero-order valence-corrected chi connectivity index (χ0v) is 10.8. The Labute approximate surface area is 93.7 Å². The summed E-state index contributed by atoms with van der Waals surface area (Å²) in [5, 5.41) is 20.3. The maximum absolute atomic E-state index is 10.8. The number of rotatable bonds is 3. The second-order valence-electron chi connectivity index (χ2n) is 6.60. The highest BCUT2D eigenvalue weighted by Crippen LogP contribution is 2.53. The fourth-order valence-electron chi connectivity index (χ4n) is 2.87. The van der Waals surface area contributed by atoms with E-state index >= 15 is 0 Å². The fraction of sp³-hybridized carbons (Fsp3) is 1.00. The molecule has 0 radical (unpaired) electrons. The van der Waals surface area contributed by atoms with Crippen LogP contribution in [0.2, 0.25) is 0 Å². The second-order valence-corrected chi connectivity index (χ2v) is 6.60. The lowest BCUT2D eigenvalue weighted by Crippen LogP contribution is -2.50. The molecular weight excluding hydrogens is 188 g/mol. The molecule has 2 N–H and O–H groups in total. The fourth-order valence-corrected chi connectivity index (χ4v) is 2.87. The molecule has 1 aliphatic carbocycles. The molecule has 2 nitrogen and oxygen atoms in total. The molecule has 0 amide bonds. The lowest BCUT2D eigenvalue weighted by Gasteiger charge is -2.45. The summed E-state index contributed by atoms with van der Waals surface area (Å²) in [5.74, 6) is 0.293. The van der Waals surface area contributed by atoms with Crippen LogP contribution < -0.4 is 0 Å². The second kappa shape index (κ2) is 3.74. The number of hydrogen-bond donors (Lipinski definition) is 2. The third kappa shape index (κ3) is 2.07. The van der Waals surface area contributed by atoms with E-state index in [9.17, 15) is 10.2 Å². The van der Waals surface area contributed by atoms with Crippen LogP contribution in [0.25, 0.3) is 0 Å². The summed E-state index contributed by atoms with van der Waals surface area (Å²) in [6.45, 7) is 10.6. The Kier molecular flexibility index (Phi) is 3.24. The third-order valence-corrected chi connectivity index (χ3v) is 4.65. The highest BCUT2D eigenvalue weighted by molar-refractivity contribution is 5.04. The Morgan fingerprint density at radius 3 is 2.07 bits per heavy atom. The predicted molar refractivity (Wildman–Crippen MR) is 62.6 cm³/mol. The first kappa shape index (κ1) is 13.0. The highest BCUT2D eigenvalue weighted by atomic mass is 16.3. The molecule has 90 valence electrons. The molecule has 0 aromatic heterocycles. The van der Waals surface area contributed by atoms with E-state index in [1.165, 1.54) is 0 Å². The molecule has 1 saturated carbocycles. The Bertz CT molecular complexity index is 235. The van der Waals surface area contributed by atoms with Crippen molar-refractivity contribution in [3.8, 4) is 0 Å². The molecule has 15 heavy (non-hydrogen) atoms. The van der Waals surface area contributed by atoms with E-state index in [-0.39, 0.29) is 17.4 Å². The van der Waals surface area contributed by atoms with Crippen LogP contribution in [-0.4, -0.2) is 22.4 Å². The van der Waals surface area contributed by atoms with Crippen LogP contribution in [0.15, 0.2) is 0 Å². The topological polar surface area (TPSA) is 40.5 Å². The predicted octanol–water partition coefficient (Wildman–Crippen LogP) is 2.58. The molecule has 0 bridgehead atoms. The van der Waals surface area contributed by atoms with Gasteiger partial charge in [0.1, 0.15) is 0 Å². The van der Waals surface area contributed by atoms with Crippen LogP contribution in [0.5, 0.6) is 0 Å². The first-order valence-electron chi connectivity index (χ1n) is 6.00. The van der Waals surface area contributed by atoms with E-state index in [1.54, 1.807) is 0 Å². The van der Waals surface area contributed by atoms with Crippen molar-refractivity contribution in [2.45, 2.75) is 59.5 Å². The van der Waals surface area contributed by atoms with E-state index in [0.29, 0.717) is 5.92 Å². The van der Waals surface area contributed by atoms with E-state index in [1.807, 2.05) is 6.92 Å². The van der Waals surface area contributed by atoms with Gasteiger partial charge in [-0.25, -0.2) is 0 Å². The molecule has 0 aliphatic heterocycles. The lowest BCUT2D eigenvalue weighted by molar-refractivity contribution is -0.124. The zero-order chi connectivity index (χ0) is 11.9. The largest absolute Gasteiger partial charge is 0.396 e. The summed E-state index contributed by atoms with van der Waals surface area (Å²) < 4.78 is 0. The number of hydrogen-bond acceptors (Lipinski definition) is 2. The summed E-state index contributed by atoms with van der Waals surface area (Å²) in [6.07, 6.45) is 2.66. The molecular formula is C13H26O2. The zero-order valence-electron chi connectivity index (χ0n) is 10.8. The summed E-state index contributed by atoms with van der Waals surface area (Å²) in [6, 6.07) is 0. The average Bonchev–Trinajstić information content (AvgIpc) is 2.40. The minimum absolute atomic E-state index is 0.0667. The molecule has 1 aliphatic rings. The van der Waals surface area contributed by atoms with Gasteiger partial charge in [-0.3, -0.25) is 0 Å². The molecule has 0 saturated heterocycles. The van der Waals surface area contributed by atoms with Crippen LogP contribution in [0.1, 0.15) is 53.9 Å². The molecule has 0 aromatic carbocycles. The third-order valence-electron chi connectivity index (χ3n) is 4.65. The van der Waals surface area contributed by atoms with Crippen molar-refractivity contribution in [2.75, 3.05) is 6.61 Å². The maximum atomic E-state index is 10.8. The van der Waals surface area contributed by atoms with Crippen LogP contribution in [0.3, 0.4) is 0 Å². The Morgan fingerprint density at radius 2 is 1.80 bits per heavy atom. The Balaban J connectivity index is 2.95. The summed E-state index contributed by atoms with van der Waals surface area (Å²) in [5.41, 5.74) is -0.861. The van der Waals surface area contributed by atoms with Crippen LogP contribution >= 0.6 is 0 Å². The smallest absolute Gasteiger partial charge is 0.0730 e. The number of aliphatic hydroxyl groups excluding tert-OH is 1. The van der Waals surface area contributed by atoms with Gasteiger partial charge in [0, 0.05) is 5.41 Å². The molecule has 2 unspecified atom stereocenters. The molecule has 0 aromatic rings. The minimum atomic E-state index is -0.695. The summed E-state index contributed by atoms with van der Waals surface area (Å²) in [4.78, 5) is 0. The average molecular weight is 214 g/mol. The number of aliphatic hydroxyl groups is 2. The lowest BCUT2D eigenvalue weighted by atomic mass is 9.65. The van der Waals surface area contributed by atoms with Crippen molar-refractivity contribution in [3.05, 3.63) is 0 Å². The van der Waals surface area contributed by atoms with Crippen molar-refractivity contribution in [3.63, 3.8) is 0 Å². The van der Waals surface area contributed by atoms with Gasteiger partial charge >= 0.3 is 0 Å². The normalized spacial score (nSPS) is 34.4. The van der Waals surface area contributed by atoms with Gasteiger partial charge in [-0.05, 0) is 30.6 Å². The van der Waals surface area contributed by atoms with Crippen molar-refractivity contribution in [1.82, 2.24) is 0 Å².